The number of aryl methyl sites for hydroxylation is 2. The molecule has 0 saturated carbocycles. The number of piperidine rings is 1. The molecule has 0 aliphatic carbocycles. The lowest BCUT2D eigenvalue weighted by atomic mass is 10.0. The molecule has 1 aliphatic heterocycles. The fraction of sp³-hybridized carbons (Fsp3) is 0.433. The average Bonchev–Trinajstić information content (AvgIpc) is 3.25. The molecule has 5 rings (SSSR count). The van der Waals surface area contributed by atoms with Crippen molar-refractivity contribution in [1.82, 2.24) is 34.6 Å². The first-order valence-electron chi connectivity index (χ1n) is 14.3. The molecule has 11 nitrogen and oxygen atoms in total. The summed E-state index contributed by atoms with van der Waals surface area (Å²) in [6.07, 6.45) is 8.26. The molecule has 0 spiro atoms. The van der Waals surface area contributed by atoms with E-state index in [0.717, 1.165) is 66.2 Å². The molecule has 42 heavy (non-hydrogen) atoms. The Bertz CT molecular complexity index is 1500. The van der Waals surface area contributed by atoms with E-state index in [4.69, 9.17) is 27.1 Å². The smallest absolute Gasteiger partial charge is 0.223 e. The van der Waals surface area contributed by atoms with Crippen molar-refractivity contribution in [1.29, 1.82) is 0 Å². The summed E-state index contributed by atoms with van der Waals surface area (Å²) < 4.78 is 8.05. The maximum atomic E-state index is 6.34. The van der Waals surface area contributed by atoms with Gasteiger partial charge < -0.3 is 25.6 Å². The first-order chi connectivity index (χ1) is 20.2. The molecular formula is C30H39ClN10O. The third kappa shape index (κ3) is 6.74. The maximum absolute atomic E-state index is 6.34. The molecule has 3 N–H and O–H groups in total. The SMILES string of the molecule is Cc1nn(C)c(O[C@@H](C)CCNc2cc(Cl)ncc2-c2ccc(N3CCC(N(C)C)CC3)cn2)c1-c1nccc(N)n1. The molecule has 1 saturated heterocycles. The first kappa shape index (κ1) is 29.5. The minimum atomic E-state index is -0.123. The summed E-state index contributed by atoms with van der Waals surface area (Å²) in [7, 11) is 6.16. The predicted molar refractivity (Wildman–Crippen MR) is 168 cm³/mol. The minimum absolute atomic E-state index is 0.123. The van der Waals surface area contributed by atoms with Crippen molar-refractivity contribution in [3.8, 4) is 28.5 Å². The highest BCUT2D eigenvalue weighted by atomic mass is 35.5. The Balaban J connectivity index is 1.23. The summed E-state index contributed by atoms with van der Waals surface area (Å²) >= 11 is 6.28. The number of anilines is 3. The van der Waals surface area contributed by atoms with Crippen LogP contribution in [0.5, 0.6) is 5.88 Å². The van der Waals surface area contributed by atoms with Gasteiger partial charge in [-0.1, -0.05) is 11.6 Å². The largest absolute Gasteiger partial charge is 0.474 e. The van der Waals surface area contributed by atoms with Gasteiger partial charge in [0.1, 0.15) is 16.5 Å². The third-order valence-corrected chi connectivity index (χ3v) is 7.91. The van der Waals surface area contributed by atoms with Crippen LogP contribution in [0.15, 0.2) is 42.9 Å². The lowest BCUT2D eigenvalue weighted by molar-refractivity contribution is 0.198. The summed E-state index contributed by atoms with van der Waals surface area (Å²) in [5, 5.41) is 8.45. The van der Waals surface area contributed by atoms with Gasteiger partial charge in [-0.05, 0) is 65.0 Å². The lowest BCUT2D eigenvalue weighted by Gasteiger charge is -2.36. The van der Waals surface area contributed by atoms with Crippen LogP contribution in [0, 0.1) is 6.92 Å². The van der Waals surface area contributed by atoms with E-state index < -0.39 is 0 Å². The highest BCUT2D eigenvalue weighted by Gasteiger charge is 2.22. The van der Waals surface area contributed by atoms with Gasteiger partial charge in [0.2, 0.25) is 5.88 Å². The molecule has 12 heteroatoms. The van der Waals surface area contributed by atoms with Crippen LogP contribution in [0.4, 0.5) is 17.2 Å². The number of nitrogen functional groups attached to an aromatic ring is 1. The molecule has 4 aromatic rings. The Morgan fingerprint density at radius 2 is 1.93 bits per heavy atom. The Morgan fingerprint density at radius 3 is 2.62 bits per heavy atom. The number of nitrogens with two attached hydrogens (primary N) is 1. The van der Waals surface area contributed by atoms with Gasteiger partial charge in [0, 0.05) is 62.8 Å². The molecule has 0 unspecified atom stereocenters. The lowest BCUT2D eigenvalue weighted by Crippen LogP contribution is -2.42. The second-order valence-corrected chi connectivity index (χ2v) is 11.4. The molecule has 0 amide bonds. The molecule has 0 bridgehead atoms. The summed E-state index contributed by atoms with van der Waals surface area (Å²) in [5.74, 6) is 1.49. The van der Waals surface area contributed by atoms with Crippen LogP contribution in [0.3, 0.4) is 0 Å². The normalized spacial score (nSPS) is 14.8. The molecule has 0 radical (unpaired) electrons. The topological polar surface area (TPSA) is 123 Å². The van der Waals surface area contributed by atoms with E-state index in [-0.39, 0.29) is 6.10 Å². The zero-order valence-electron chi connectivity index (χ0n) is 24.9. The molecular weight excluding hydrogens is 552 g/mol. The number of rotatable bonds is 10. The van der Waals surface area contributed by atoms with Crippen molar-refractivity contribution in [2.24, 2.45) is 7.05 Å². The molecule has 5 heterocycles. The second kappa shape index (κ2) is 12.9. The molecule has 222 valence electrons. The van der Waals surface area contributed by atoms with Crippen LogP contribution in [-0.4, -0.2) is 80.5 Å². The maximum Gasteiger partial charge on any atom is 0.223 e. The number of aromatic nitrogens is 6. The number of ether oxygens (including phenoxy) is 1. The fourth-order valence-corrected chi connectivity index (χ4v) is 5.49. The first-order valence-corrected chi connectivity index (χ1v) is 14.6. The average molecular weight is 591 g/mol. The monoisotopic (exact) mass is 590 g/mol. The van der Waals surface area contributed by atoms with E-state index in [9.17, 15) is 0 Å². The number of nitrogens with one attached hydrogen (secondary N) is 1. The van der Waals surface area contributed by atoms with Crippen molar-refractivity contribution in [3.05, 3.63) is 53.7 Å². The van der Waals surface area contributed by atoms with Gasteiger partial charge in [0.15, 0.2) is 5.82 Å². The van der Waals surface area contributed by atoms with Crippen LogP contribution < -0.4 is 20.7 Å². The number of halogens is 1. The Kier molecular flexibility index (Phi) is 9.08. The summed E-state index contributed by atoms with van der Waals surface area (Å²) in [5.41, 5.74) is 11.2. The zero-order valence-corrected chi connectivity index (χ0v) is 25.6. The van der Waals surface area contributed by atoms with Gasteiger partial charge in [-0.15, -0.1) is 0 Å². The van der Waals surface area contributed by atoms with E-state index >= 15 is 0 Å². The number of pyridine rings is 2. The Hall–Kier alpha value is -3.96. The van der Waals surface area contributed by atoms with Gasteiger partial charge >= 0.3 is 0 Å². The van der Waals surface area contributed by atoms with E-state index in [0.29, 0.717) is 35.3 Å². The standard InChI is InChI=1S/C30H39ClN10O/c1-19(42-30-28(20(2)38-40(30)5)29-34-13-9-27(32)37-29)8-12-33-25-16-26(31)36-18-23(25)24-7-6-22(17-35-24)41-14-10-21(11-15-41)39(3)4/h6-7,9,13,16-19,21H,8,10-12,14-15H2,1-5H3,(H,33,36)(H2,32,34,37)/t19-/m0/s1. The number of hydrogen-bond acceptors (Lipinski definition) is 10. The van der Waals surface area contributed by atoms with Crippen LogP contribution in [0.1, 0.15) is 31.9 Å². The van der Waals surface area contributed by atoms with Crippen molar-refractivity contribution in [3.63, 3.8) is 0 Å². The molecule has 1 fully saturated rings. The van der Waals surface area contributed by atoms with E-state index in [1.807, 2.05) is 33.2 Å². The quantitative estimate of drug-likeness (QED) is 0.252. The van der Waals surface area contributed by atoms with Crippen LogP contribution in [0.25, 0.3) is 22.6 Å². The summed E-state index contributed by atoms with van der Waals surface area (Å²) in [6, 6.07) is 8.33. The highest BCUT2D eigenvalue weighted by Crippen LogP contribution is 2.33. The van der Waals surface area contributed by atoms with Gasteiger partial charge in [-0.3, -0.25) is 4.98 Å². The number of nitrogens with zero attached hydrogens (tertiary/aromatic N) is 8. The van der Waals surface area contributed by atoms with Crippen LogP contribution in [-0.2, 0) is 7.05 Å². The van der Waals surface area contributed by atoms with E-state index in [1.165, 1.54) is 0 Å². The molecule has 4 aromatic heterocycles. The summed E-state index contributed by atoms with van der Waals surface area (Å²) in [4.78, 5) is 22.6. The van der Waals surface area contributed by atoms with Crippen LogP contribution in [0.2, 0.25) is 5.15 Å². The molecule has 1 aliphatic rings. The van der Waals surface area contributed by atoms with Gasteiger partial charge in [-0.2, -0.15) is 5.10 Å². The highest BCUT2D eigenvalue weighted by molar-refractivity contribution is 6.29. The second-order valence-electron chi connectivity index (χ2n) is 11.0. The fourth-order valence-electron chi connectivity index (χ4n) is 5.34. The van der Waals surface area contributed by atoms with Crippen molar-refractivity contribution in [2.45, 2.75) is 45.3 Å². The van der Waals surface area contributed by atoms with Crippen molar-refractivity contribution >= 4 is 28.8 Å². The van der Waals surface area contributed by atoms with Crippen molar-refractivity contribution in [2.75, 3.05) is 49.7 Å². The van der Waals surface area contributed by atoms with Gasteiger partial charge in [0.05, 0.1) is 29.4 Å². The van der Waals surface area contributed by atoms with Gasteiger partial charge in [0.25, 0.3) is 0 Å². The van der Waals surface area contributed by atoms with Crippen LogP contribution >= 0.6 is 11.6 Å². The molecule has 1 atom stereocenters. The molecule has 0 aromatic carbocycles. The van der Waals surface area contributed by atoms with E-state index in [1.54, 1.807) is 23.1 Å². The van der Waals surface area contributed by atoms with Gasteiger partial charge in [-0.25, -0.2) is 19.6 Å². The van der Waals surface area contributed by atoms with Crippen molar-refractivity contribution < 1.29 is 4.74 Å². The van der Waals surface area contributed by atoms with E-state index in [2.05, 4.69) is 61.4 Å². The third-order valence-electron chi connectivity index (χ3n) is 7.70. The minimum Gasteiger partial charge on any atom is -0.474 e. The Labute approximate surface area is 252 Å². The Morgan fingerprint density at radius 1 is 1.14 bits per heavy atom. The predicted octanol–water partition coefficient (Wildman–Crippen LogP) is 4.68. The zero-order chi connectivity index (χ0) is 29.8. The summed E-state index contributed by atoms with van der Waals surface area (Å²) in [6.45, 7) is 6.64. The number of hydrogen-bond donors (Lipinski definition) is 2.